The maximum atomic E-state index is 12.8. The molecule has 27 heavy (non-hydrogen) atoms. The van der Waals surface area contributed by atoms with E-state index in [1.54, 1.807) is 43.5 Å². The van der Waals surface area contributed by atoms with Gasteiger partial charge in [0.15, 0.2) is 17.5 Å². The van der Waals surface area contributed by atoms with Crippen molar-refractivity contribution in [1.82, 2.24) is 10.6 Å². The number of halogens is 2. The van der Waals surface area contributed by atoms with Crippen LogP contribution in [-0.4, -0.2) is 32.8 Å². The van der Waals surface area contributed by atoms with Crippen LogP contribution in [0.4, 0.5) is 8.78 Å². The second kappa shape index (κ2) is 10.7. The number of nitrogens with one attached hydrogen (secondary N) is 2. The molecule has 2 N–H and O–H groups in total. The molecule has 0 aliphatic heterocycles. The number of guanidine groups is 1. The van der Waals surface area contributed by atoms with Gasteiger partial charge in [-0.3, -0.25) is 4.99 Å². The van der Waals surface area contributed by atoms with Gasteiger partial charge in [-0.05, 0) is 41.3 Å². The second-order valence-corrected chi connectivity index (χ2v) is 6.60. The van der Waals surface area contributed by atoms with E-state index in [2.05, 4.69) is 44.1 Å². The average molecular weight is 397 g/mol. The van der Waals surface area contributed by atoms with Gasteiger partial charge < -0.3 is 20.1 Å². The standard InChI is InChI=1S/C19H25F2N3O2S/c1-4-25-16-7-5-6-14(17(16)26-18(20)21)11-24-19(22-3)23-10-13(2)15-8-9-27-12-15/h5-9,12-13,18H,4,10-11H2,1-3H3,(H2,22,23,24). The van der Waals surface area contributed by atoms with Gasteiger partial charge in [0.1, 0.15) is 0 Å². The first-order chi connectivity index (χ1) is 13.0. The van der Waals surface area contributed by atoms with E-state index in [0.717, 1.165) is 0 Å². The largest absolute Gasteiger partial charge is 0.490 e. The summed E-state index contributed by atoms with van der Waals surface area (Å²) in [5, 5.41) is 10.6. The zero-order chi connectivity index (χ0) is 19.6. The highest BCUT2D eigenvalue weighted by atomic mass is 32.1. The number of benzene rings is 1. The molecule has 0 bridgehead atoms. The van der Waals surface area contributed by atoms with Crippen LogP contribution >= 0.6 is 11.3 Å². The molecule has 1 unspecified atom stereocenters. The zero-order valence-corrected chi connectivity index (χ0v) is 16.5. The molecule has 1 atom stereocenters. The molecule has 1 heterocycles. The van der Waals surface area contributed by atoms with Crippen molar-refractivity contribution in [2.75, 3.05) is 20.2 Å². The summed E-state index contributed by atoms with van der Waals surface area (Å²) in [6, 6.07) is 7.17. The van der Waals surface area contributed by atoms with E-state index < -0.39 is 6.61 Å². The smallest absolute Gasteiger partial charge is 0.387 e. The lowest BCUT2D eigenvalue weighted by atomic mass is 10.1. The molecule has 8 heteroatoms. The van der Waals surface area contributed by atoms with Gasteiger partial charge in [-0.15, -0.1) is 0 Å². The summed E-state index contributed by atoms with van der Waals surface area (Å²) in [6.07, 6.45) is 0. The molecule has 0 saturated carbocycles. The quantitative estimate of drug-likeness (QED) is 0.491. The Morgan fingerprint density at radius 2 is 2.07 bits per heavy atom. The number of para-hydroxylation sites is 1. The molecule has 0 fully saturated rings. The summed E-state index contributed by atoms with van der Waals surface area (Å²) in [5.74, 6) is 1.26. The fraction of sp³-hybridized carbons (Fsp3) is 0.421. The molecule has 0 saturated heterocycles. The van der Waals surface area contributed by atoms with Crippen molar-refractivity contribution in [3.63, 3.8) is 0 Å². The lowest BCUT2D eigenvalue weighted by Crippen LogP contribution is -2.38. The lowest BCUT2D eigenvalue weighted by Gasteiger charge is -2.18. The van der Waals surface area contributed by atoms with Gasteiger partial charge in [0.25, 0.3) is 0 Å². The molecule has 2 aromatic rings. The minimum absolute atomic E-state index is 0.0453. The number of hydrogen-bond acceptors (Lipinski definition) is 4. The Labute approximate surface area is 162 Å². The van der Waals surface area contributed by atoms with Crippen LogP contribution in [0, 0.1) is 0 Å². The minimum atomic E-state index is -2.92. The SMILES string of the molecule is CCOc1cccc(CNC(=NC)NCC(C)c2ccsc2)c1OC(F)F. The van der Waals surface area contributed by atoms with Crippen LogP contribution in [-0.2, 0) is 6.54 Å². The van der Waals surface area contributed by atoms with Crippen LogP contribution < -0.4 is 20.1 Å². The van der Waals surface area contributed by atoms with E-state index in [9.17, 15) is 8.78 Å². The molecule has 0 radical (unpaired) electrons. The minimum Gasteiger partial charge on any atom is -0.490 e. The highest BCUT2D eigenvalue weighted by molar-refractivity contribution is 7.07. The van der Waals surface area contributed by atoms with Crippen molar-refractivity contribution in [3.8, 4) is 11.5 Å². The van der Waals surface area contributed by atoms with Crippen LogP contribution in [0.2, 0.25) is 0 Å². The van der Waals surface area contributed by atoms with Crippen LogP contribution in [0.3, 0.4) is 0 Å². The Hall–Kier alpha value is -2.35. The fourth-order valence-electron chi connectivity index (χ4n) is 2.52. The van der Waals surface area contributed by atoms with E-state index in [-0.39, 0.29) is 12.3 Å². The summed E-state index contributed by atoms with van der Waals surface area (Å²) in [7, 11) is 1.66. The molecule has 5 nitrogen and oxygen atoms in total. The van der Waals surface area contributed by atoms with E-state index in [1.807, 2.05) is 0 Å². The molecule has 1 aromatic heterocycles. The first kappa shape index (κ1) is 21.0. The highest BCUT2D eigenvalue weighted by Crippen LogP contribution is 2.32. The van der Waals surface area contributed by atoms with Crippen molar-refractivity contribution < 1.29 is 18.3 Å². The third kappa shape index (κ3) is 6.39. The molecule has 0 aliphatic rings. The Morgan fingerprint density at radius 3 is 2.70 bits per heavy atom. The van der Waals surface area contributed by atoms with E-state index >= 15 is 0 Å². The van der Waals surface area contributed by atoms with Crippen LogP contribution in [0.1, 0.15) is 30.9 Å². The molecule has 1 aromatic carbocycles. The molecular weight excluding hydrogens is 372 g/mol. The first-order valence-corrected chi connectivity index (χ1v) is 9.65. The van der Waals surface area contributed by atoms with Gasteiger partial charge in [-0.1, -0.05) is 19.1 Å². The van der Waals surface area contributed by atoms with E-state index in [1.165, 1.54) is 5.56 Å². The van der Waals surface area contributed by atoms with Gasteiger partial charge in [0.2, 0.25) is 0 Å². The maximum absolute atomic E-state index is 12.8. The Balaban J connectivity index is 1.99. The molecule has 2 rings (SSSR count). The van der Waals surface area contributed by atoms with Crippen molar-refractivity contribution in [1.29, 1.82) is 0 Å². The summed E-state index contributed by atoms with van der Waals surface area (Å²) >= 11 is 1.67. The summed E-state index contributed by atoms with van der Waals surface area (Å²) in [6.45, 7) is 2.33. The summed E-state index contributed by atoms with van der Waals surface area (Å²) in [5.41, 5.74) is 1.83. The predicted octanol–water partition coefficient (Wildman–Crippen LogP) is 4.22. The average Bonchev–Trinajstić information content (AvgIpc) is 3.18. The normalized spacial score (nSPS) is 12.7. The second-order valence-electron chi connectivity index (χ2n) is 5.82. The number of aliphatic imine (C=N–C) groups is 1. The Kier molecular flexibility index (Phi) is 8.32. The number of hydrogen-bond donors (Lipinski definition) is 2. The maximum Gasteiger partial charge on any atom is 0.387 e. The monoisotopic (exact) mass is 397 g/mol. The van der Waals surface area contributed by atoms with Gasteiger partial charge in [0, 0.05) is 25.7 Å². The van der Waals surface area contributed by atoms with Gasteiger partial charge >= 0.3 is 6.61 Å². The summed E-state index contributed by atoms with van der Waals surface area (Å²) in [4.78, 5) is 4.18. The highest BCUT2D eigenvalue weighted by Gasteiger charge is 2.16. The summed E-state index contributed by atoms with van der Waals surface area (Å²) < 4.78 is 35.7. The Bertz CT molecular complexity index is 724. The fourth-order valence-corrected chi connectivity index (χ4v) is 3.30. The zero-order valence-electron chi connectivity index (χ0n) is 15.7. The molecular formula is C19H25F2N3O2S. The number of rotatable bonds is 9. The lowest BCUT2D eigenvalue weighted by molar-refractivity contribution is -0.0520. The van der Waals surface area contributed by atoms with Crippen molar-refractivity contribution in [2.45, 2.75) is 32.9 Å². The van der Waals surface area contributed by atoms with Crippen LogP contribution in [0.15, 0.2) is 40.0 Å². The molecule has 0 aliphatic carbocycles. The van der Waals surface area contributed by atoms with Crippen molar-refractivity contribution in [2.24, 2.45) is 4.99 Å². The van der Waals surface area contributed by atoms with Crippen molar-refractivity contribution in [3.05, 3.63) is 46.2 Å². The van der Waals surface area contributed by atoms with E-state index in [0.29, 0.717) is 36.3 Å². The topological polar surface area (TPSA) is 54.9 Å². The van der Waals surface area contributed by atoms with Gasteiger partial charge in [-0.2, -0.15) is 20.1 Å². The van der Waals surface area contributed by atoms with Crippen LogP contribution in [0.5, 0.6) is 11.5 Å². The van der Waals surface area contributed by atoms with E-state index in [4.69, 9.17) is 4.74 Å². The van der Waals surface area contributed by atoms with Crippen LogP contribution in [0.25, 0.3) is 0 Å². The molecule has 0 amide bonds. The predicted molar refractivity (Wildman–Crippen MR) is 105 cm³/mol. The number of ether oxygens (including phenoxy) is 2. The molecule has 0 spiro atoms. The number of thiophene rings is 1. The molecule has 148 valence electrons. The number of nitrogens with zero attached hydrogens (tertiary/aromatic N) is 1. The van der Waals surface area contributed by atoms with Gasteiger partial charge in [0.05, 0.1) is 6.61 Å². The third-order valence-corrected chi connectivity index (χ3v) is 4.63. The first-order valence-electron chi connectivity index (χ1n) is 8.71. The number of alkyl halides is 2. The Morgan fingerprint density at radius 1 is 1.26 bits per heavy atom. The van der Waals surface area contributed by atoms with Gasteiger partial charge in [-0.25, -0.2) is 0 Å². The van der Waals surface area contributed by atoms with Crippen molar-refractivity contribution >= 4 is 17.3 Å². The third-order valence-electron chi connectivity index (χ3n) is 3.93.